The van der Waals surface area contributed by atoms with Gasteiger partial charge in [0.2, 0.25) is 11.8 Å². The number of rotatable bonds is 7. The van der Waals surface area contributed by atoms with Crippen molar-refractivity contribution >= 4 is 34.2 Å². The second-order valence-corrected chi connectivity index (χ2v) is 9.46. The number of hydrogen-bond donors (Lipinski definition) is 3. The van der Waals surface area contributed by atoms with Crippen LogP contribution in [0.1, 0.15) is 37.3 Å². The smallest absolute Gasteiger partial charge is 0.326 e. The highest BCUT2D eigenvalue weighted by Gasteiger charge is 2.29. The van der Waals surface area contributed by atoms with Crippen LogP contribution in [0.15, 0.2) is 41.2 Å². The third-order valence-electron chi connectivity index (χ3n) is 6.59. The number of carbonyl (C=O) groups is 2. The summed E-state index contributed by atoms with van der Waals surface area (Å²) in [5.41, 5.74) is 3.50. The van der Waals surface area contributed by atoms with E-state index in [-0.39, 0.29) is 36.0 Å². The van der Waals surface area contributed by atoms with E-state index in [9.17, 15) is 14.4 Å². The van der Waals surface area contributed by atoms with Gasteiger partial charge in [0.1, 0.15) is 5.75 Å². The zero-order chi connectivity index (χ0) is 25.1. The lowest BCUT2D eigenvalue weighted by atomic mass is 9.85. The number of likely N-dealkylation sites (N-methyl/N-ethyl adjacent to an activating group) is 1. The Balaban J connectivity index is 1.45. The zero-order valence-electron chi connectivity index (χ0n) is 20.7. The Kier molecular flexibility index (Phi) is 7.25. The SMILES string of the molecule is COc1cc(NC(=O)C2CCC(n3c(=O)[nH]c4c(NC(=O)CN(C)C)cccc43)CC2)ccc1C. The molecule has 186 valence electrons. The number of aromatic nitrogens is 2. The quantitative estimate of drug-likeness (QED) is 0.481. The maximum absolute atomic E-state index is 12.9. The van der Waals surface area contributed by atoms with Gasteiger partial charge in [0.25, 0.3) is 0 Å². The second kappa shape index (κ2) is 10.4. The summed E-state index contributed by atoms with van der Waals surface area (Å²) in [7, 11) is 5.27. The summed E-state index contributed by atoms with van der Waals surface area (Å²) in [5.74, 6) is 0.475. The minimum absolute atomic E-state index is 0.00695. The molecule has 3 aromatic rings. The lowest BCUT2D eigenvalue weighted by molar-refractivity contribution is -0.121. The molecule has 0 unspecified atom stereocenters. The minimum atomic E-state index is -0.200. The molecule has 0 aliphatic heterocycles. The number of nitrogens with zero attached hydrogens (tertiary/aromatic N) is 2. The highest BCUT2D eigenvalue weighted by Crippen LogP contribution is 2.35. The normalized spacial score (nSPS) is 18.0. The number of hydrogen-bond acceptors (Lipinski definition) is 5. The van der Waals surface area contributed by atoms with Gasteiger partial charge in [-0.25, -0.2) is 4.79 Å². The number of aromatic amines is 1. The molecule has 1 saturated carbocycles. The van der Waals surface area contributed by atoms with Gasteiger partial charge in [0.15, 0.2) is 0 Å². The minimum Gasteiger partial charge on any atom is -0.496 e. The molecule has 1 fully saturated rings. The fraction of sp³-hybridized carbons (Fsp3) is 0.423. The number of imidazole rings is 1. The molecule has 0 saturated heterocycles. The Morgan fingerprint density at radius 3 is 2.54 bits per heavy atom. The zero-order valence-corrected chi connectivity index (χ0v) is 20.7. The van der Waals surface area contributed by atoms with Crippen molar-refractivity contribution in [3.05, 3.63) is 52.4 Å². The standard InChI is InChI=1S/C26H33N5O4/c1-16-8-11-18(14-22(16)35-4)27-25(33)17-9-12-19(13-10-17)31-21-7-5-6-20(24(21)29-26(31)34)28-23(32)15-30(2)3/h5-8,11,14,17,19H,9-10,12-13,15H2,1-4H3,(H,27,33)(H,28,32)(H,29,34). The highest BCUT2D eigenvalue weighted by atomic mass is 16.5. The van der Waals surface area contributed by atoms with Crippen molar-refractivity contribution in [3.63, 3.8) is 0 Å². The van der Waals surface area contributed by atoms with Crippen LogP contribution in [0.2, 0.25) is 0 Å². The fourth-order valence-corrected chi connectivity index (χ4v) is 4.83. The summed E-state index contributed by atoms with van der Waals surface area (Å²) in [6.07, 6.45) is 2.83. The van der Waals surface area contributed by atoms with Crippen LogP contribution in [0.3, 0.4) is 0 Å². The molecule has 1 heterocycles. The molecule has 9 nitrogen and oxygen atoms in total. The van der Waals surface area contributed by atoms with Crippen LogP contribution in [-0.2, 0) is 9.59 Å². The summed E-state index contributed by atoms with van der Waals surface area (Å²) in [5, 5.41) is 5.90. The first-order valence-electron chi connectivity index (χ1n) is 11.9. The first-order valence-corrected chi connectivity index (χ1v) is 11.9. The van der Waals surface area contributed by atoms with Gasteiger partial charge in [-0.1, -0.05) is 12.1 Å². The Labute approximate surface area is 204 Å². The monoisotopic (exact) mass is 479 g/mol. The Morgan fingerprint density at radius 2 is 1.86 bits per heavy atom. The average Bonchev–Trinajstić information content (AvgIpc) is 3.16. The number of amides is 2. The number of nitrogens with one attached hydrogen (secondary N) is 3. The van der Waals surface area contributed by atoms with Crippen molar-refractivity contribution < 1.29 is 14.3 Å². The van der Waals surface area contributed by atoms with Crippen molar-refractivity contribution in [2.24, 2.45) is 5.92 Å². The molecule has 0 radical (unpaired) electrons. The number of aryl methyl sites for hydroxylation is 1. The van der Waals surface area contributed by atoms with Crippen LogP contribution in [0.25, 0.3) is 11.0 Å². The molecule has 4 rings (SSSR count). The van der Waals surface area contributed by atoms with Gasteiger partial charge in [-0.15, -0.1) is 0 Å². The van der Waals surface area contributed by atoms with Crippen LogP contribution in [0, 0.1) is 12.8 Å². The second-order valence-electron chi connectivity index (χ2n) is 9.46. The molecule has 1 aliphatic carbocycles. The molecule has 1 aromatic heterocycles. The summed E-state index contributed by atoms with van der Waals surface area (Å²) < 4.78 is 7.12. The summed E-state index contributed by atoms with van der Waals surface area (Å²) in [6.45, 7) is 2.21. The Bertz CT molecular complexity index is 1280. The van der Waals surface area contributed by atoms with Crippen LogP contribution < -0.4 is 21.1 Å². The average molecular weight is 480 g/mol. The number of carbonyl (C=O) groups excluding carboxylic acids is 2. The Morgan fingerprint density at radius 1 is 1.11 bits per heavy atom. The molecule has 35 heavy (non-hydrogen) atoms. The van der Waals surface area contributed by atoms with Crippen molar-refractivity contribution in [1.82, 2.24) is 14.5 Å². The largest absolute Gasteiger partial charge is 0.496 e. The summed E-state index contributed by atoms with van der Waals surface area (Å²) in [6, 6.07) is 11.1. The maximum atomic E-state index is 12.9. The molecular formula is C26H33N5O4. The third kappa shape index (κ3) is 5.40. The van der Waals surface area contributed by atoms with Crippen LogP contribution >= 0.6 is 0 Å². The number of anilines is 2. The predicted octanol–water partition coefficient (Wildman–Crippen LogP) is 3.52. The van der Waals surface area contributed by atoms with E-state index in [0.717, 1.165) is 35.4 Å². The molecule has 3 N–H and O–H groups in total. The van der Waals surface area contributed by atoms with Crippen molar-refractivity contribution in [2.45, 2.75) is 38.6 Å². The van der Waals surface area contributed by atoms with E-state index in [2.05, 4.69) is 15.6 Å². The lowest BCUT2D eigenvalue weighted by Crippen LogP contribution is -2.31. The predicted molar refractivity (Wildman–Crippen MR) is 137 cm³/mol. The van der Waals surface area contributed by atoms with E-state index in [1.165, 1.54) is 0 Å². The van der Waals surface area contributed by atoms with Crippen LogP contribution in [-0.4, -0.2) is 54.0 Å². The van der Waals surface area contributed by atoms with Gasteiger partial charge in [-0.05, 0) is 70.5 Å². The number of methoxy groups -OCH3 is 1. The molecule has 2 amide bonds. The summed E-state index contributed by atoms with van der Waals surface area (Å²) >= 11 is 0. The van der Waals surface area contributed by atoms with E-state index in [0.29, 0.717) is 24.0 Å². The van der Waals surface area contributed by atoms with Gasteiger partial charge in [0, 0.05) is 23.7 Å². The van der Waals surface area contributed by atoms with E-state index < -0.39 is 0 Å². The number of fused-ring (bicyclic) bond motifs is 1. The molecule has 9 heteroatoms. The lowest BCUT2D eigenvalue weighted by Gasteiger charge is -2.28. The molecule has 0 bridgehead atoms. The van der Waals surface area contributed by atoms with Crippen LogP contribution in [0.4, 0.5) is 11.4 Å². The van der Waals surface area contributed by atoms with Gasteiger partial charge < -0.3 is 25.3 Å². The van der Waals surface area contributed by atoms with E-state index >= 15 is 0 Å². The van der Waals surface area contributed by atoms with Crippen molar-refractivity contribution in [1.29, 1.82) is 0 Å². The molecule has 2 aromatic carbocycles. The number of benzene rings is 2. The van der Waals surface area contributed by atoms with Crippen molar-refractivity contribution in [2.75, 3.05) is 38.4 Å². The topological polar surface area (TPSA) is 108 Å². The molecular weight excluding hydrogens is 446 g/mol. The number of H-pyrrole nitrogens is 1. The van der Waals surface area contributed by atoms with E-state index in [1.54, 1.807) is 22.6 Å². The first-order chi connectivity index (χ1) is 16.8. The van der Waals surface area contributed by atoms with Gasteiger partial charge in [-0.3, -0.25) is 14.2 Å². The summed E-state index contributed by atoms with van der Waals surface area (Å²) in [4.78, 5) is 42.7. The van der Waals surface area contributed by atoms with Gasteiger partial charge in [-0.2, -0.15) is 0 Å². The van der Waals surface area contributed by atoms with E-state index in [4.69, 9.17) is 4.74 Å². The first kappa shape index (κ1) is 24.5. The van der Waals surface area contributed by atoms with E-state index in [1.807, 2.05) is 51.4 Å². The third-order valence-corrected chi connectivity index (χ3v) is 6.59. The molecule has 0 atom stereocenters. The molecule has 0 spiro atoms. The van der Waals surface area contributed by atoms with Gasteiger partial charge >= 0.3 is 5.69 Å². The number of para-hydroxylation sites is 1. The Hall–Kier alpha value is -3.59. The van der Waals surface area contributed by atoms with Crippen molar-refractivity contribution in [3.8, 4) is 5.75 Å². The highest BCUT2D eigenvalue weighted by molar-refractivity contribution is 6.00. The number of ether oxygens (including phenoxy) is 1. The van der Waals surface area contributed by atoms with Crippen LogP contribution in [0.5, 0.6) is 5.75 Å². The maximum Gasteiger partial charge on any atom is 0.326 e. The molecule has 1 aliphatic rings. The van der Waals surface area contributed by atoms with Gasteiger partial charge in [0.05, 0.1) is 30.4 Å². The fourth-order valence-electron chi connectivity index (χ4n) is 4.83.